The second-order valence-corrected chi connectivity index (χ2v) is 7.45. The fraction of sp³-hybridized carbons (Fsp3) is 0.227. The Bertz CT molecular complexity index is 1020. The number of amides is 1. The molecule has 1 aromatic heterocycles. The first-order valence-electron chi connectivity index (χ1n) is 9.59. The van der Waals surface area contributed by atoms with Crippen LogP contribution in [0.4, 0.5) is 0 Å². The van der Waals surface area contributed by atoms with Gasteiger partial charge in [0.1, 0.15) is 5.75 Å². The summed E-state index contributed by atoms with van der Waals surface area (Å²) in [5.74, 6) is 0.419. The lowest BCUT2D eigenvalue weighted by Crippen LogP contribution is -2.18. The highest BCUT2D eigenvalue weighted by molar-refractivity contribution is 6.35. The minimum Gasteiger partial charge on any atom is -0.494 e. The van der Waals surface area contributed by atoms with E-state index in [2.05, 4.69) is 22.5 Å². The summed E-state index contributed by atoms with van der Waals surface area (Å²) >= 11 is 12.1. The van der Waals surface area contributed by atoms with Gasteiger partial charge in [0.05, 0.1) is 19.4 Å². The molecule has 156 valence electrons. The summed E-state index contributed by atoms with van der Waals surface area (Å²) in [5, 5.41) is 9.38. The maximum atomic E-state index is 12.2. The molecule has 3 aromatic rings. The Morgan fingerprint density at radius 3 is 2.73 bits per heavy atom. The van der Waals surface area contributed by atoms with Crippen molar-refractivity contribution in [3.8, 4) is 5.75 Å². The zero-order valence-corrected chi connectivity index (χ0v) is 18.0. The van der Waals surface area contributed by atoms with Crippen molar-refractivity contribution in [3.05, 3.63) is 81.6 Å². The van der Waals surface area contributed by atoms with Gasteiger partial charge in [0.25, 0.3) is 5.91 Å². The zero-order chi connectivity index (χ0) is 21.3. The van der Waals surface area contributed by atoms with E-state index < -0.39 is 5.91 Å². The van der Waals surface area contributed by atoms with Crippen molar-refractivity contribution in [2.75, 3.05) is 6.61 Å². The molecule has 8 heteroatoms. The number of carbonyl (C=O) groups excluding carboxylic acids is 1. The number of carbonyl (C=O) groups is 1. The van der Waals surface area contributed by atoms with Crippen LogP contribution in [-0.2, 0) is 6.54 Å². The third-order valence-corrected chi connectivity index (χ3v) is 4.83. The van der Waals surface area contributed by atoms with Crippen LogP contribution in [0, 0.1) is 0 Å². The summed E-state index contributed by atoms with van der Waals surface area (Å²) in [5.41, 5.74) is 4.45. The molecular weight excluding hydrogens is 423 g/mol. The normalized spacial score (nSPS) is 11.0. The van der Waals surface area contributed by atoms with E-state index in [1.807, 2.05) is 30.3 Å². The first kappa shape index (κ1) is 21.9. The SMILES string of the molecule is CCCCOc1ccc(/C=N/NC(=O)c2ccn(Cc3ccc(Cl)cc3Cl)n2)cc1. The first-order valence-corrected chi connectivity index (χ1v) is 10.3. The van der Waals surface area contributed by atoms with Gasteiger partial charge >= 0.3 is 0 Å². The average Bonchev–Trinajstić information content (AvgIpc) is 3.20. The highest BCUT2D eigenvalue weighted by atomic mass is 35.5. The van der Waals surface area contributed by atoms with E-state index in [-0.39, 0.29) is 5.69 Å². The van der Waals surface area contributed by atoms with E-state index in [0.717, 1.165) is 29.7 Å². The Kier molecular flexibility index (Phi) is 7.88. The Morgan fingerprint density at radius 1 is 1.20 bits per heavy atom. The number of hydrazone groups is 1. The van der Waals surface area contributed by atoms with Crippen molar-refractivity contribution in [2.24, 2.45) is 5.10 Å². The molecule has 1 amide bonds. The van der Waals surface area contributed by atoms with E-state index in [1.54, 1.807) is 35.3 Å². The molecule has 1 N–H and O–H groups in total. The second kappa shape index (κ2) is 10.8. The number of unbranched alkanes of at least 4 members (excludes halogenated alkanes) is 1. The van der Waals surface area contributed by atoms with Gasteiger partial charge in [-0.2, -0.15) is 10.2 Å². The summed E-state index contributed by atoms with van der Waals surface area (Å²) in [6, 6.07) is 14.4. The molecule has 0 fully saturated rings. The molecule has 3 rings (SSSR count). The molecular formula is C22H22Cl2N4O2. The van der Waals surface area contributed by atoms with Gasteiger partial charge in [0, 0.05) is 16.2 Å². The van der Waals surface area contributed by atoms with Crippen molar-refractivity contribution < 1.29 is 9.53 Å². The summed E-state index contributed by atoms with van der Waals surface area (Å²) in [6.45, 7) is 3.26. The minimum absolute atomic E-state index is 0.261. The monoisotopic (exact) mass is 444 g/mol. The van der Waals surface area contributed by atoms with E-state index in [0.29, 0.717) is 23.2 Å². The molecule has 0 aliphatic heterocycles. The second-order valence-electron chi connectivity index (χ2n) is 6.60. The van der Waals surface area contributed by atoms with E-state index in [4.69, 9.17) is 27.9 Å². The largest absolute Gasteiger partial charge is 0.494 e. The van der Waals surface area contributed by atoms with E-state index >= 15 is 0 Å². The number of nitrogens with zero attached hydrogens (tertiary/aromatic N) is 3. The van der Waals surface area contributed by atoms with Crippen LogP contribution in [0.5, 0.6) is 5.75 Å². The molecule has 0 saturated carbocycles. The van der Waals surface area contributed by atoms with Crippen molar-refractivity contribution in [2.45, 2.75) is 26.3 Å². The molecule has 0 aliphatic carbocycles. The first-order chi connectivity index (χ1) is 14.5. The lowest BCUT2D eigenvalue weighted by atomic mass is 10.2. The van der Waals surface area contributed by atoms with Gasteiger partial charge in [0.15, 0.2) is 5.69 Å². The van der Waals surface area contributed by atoms with Crippen LogP contribution in [0.1, 0.15) is 41.4 Å². The number of rotatable bonds is 9. The van der Waals surface area contributed by atoms with E-state index in [9.17, 15) is 4.79 Å². The molecule has 2 aromatic carbocycles. The van der Waals surface area contributed by atoms with Gasteiger partial charge in [-0.15, -0.1) is 0 Å². The predicted molar refractivity (Wildman–Crippen MR) is 120 cm³/mol. The number of halogens is 2. The summed E-state index contributed by atoms with van der Waals surface area (Å²) in [6.07, 6.45) is 5.40. The highest BCUT2D eigenvalue weighted by Gasteiger charge is 2.10. The third-order valence-electron chi connectivity index (χ3n) is 4.25. The molecule has 0 atom stereocenters. The van der Waals surface area contributed by atoms with Gasteiger partial charge in [0.2, 0.25) is 0 Å². The van der Waals surface area contributed by atoms with Crippen molar-refractivity contribution in [1.82, 2.24) is 15.2 Å². The Hall–Kier alpha value is -2.83. The highest BCUT2D eigenvalue weighted by Crippen LogP contribution is 2.21. The third kappa shape index (κ3) is 6.34. The molecule has 30 heavy (non-hydrogen) atoms. The Morgan fingerprint density at radius 2 is 2.00 bits per heavy atom. The smallest absolute Gasteiger partial charge is 0.291 e. The standard InChI is InChI=1S/C22H22Cl2N4O2/c1-2-3-12-30-19-8-4-16(5-9-19)14-25-26-22(29)21-10-11-28(27-21)15-17-6-7-18(23)13-20(17)24/h4-11,13-14H,2-3,12,15H2,1H3,(H,26,29)/b25-14+. The predicted octanol–water partition coefficient (Wildman–Crippen LogP) is 5.18. The summed E-state index contributed by atoms with van der Waals surface area (Å²) in [7, 11) is 0. The van der Waals surface area contributed by atoms with Crippen molar-refractivity contribution in [1.29, 1.82) is 0 Å². The van der Waals surface area contributed by atoms with Crippen LogP contribution in [0.15, 0.2) is 59.8 Å². The number of hydrogen-bond donors (Lipinski definition) is 1. The summed E-state index contributed by atoms with van der Waals surface area (Å²) in [4.78, 5) is 12.2. The molecule has 0 unspecified atom stereocenters. The maximum Gasteiger partial charge on any atom is 0.291 e. The molecule has 1 heterocycles. The molecule has 6 nitrogen and oxygen atoms in total. The number of nitrogens with one attached hydrogen (secondary N) is 1. The van der Waals surface area contributed by atoms with Crippen molar-refractivity contribution >= 4 is 35.3 Å². The van der Waals surface area contributed by atoms with Crippen LogP contribution in [0.25, 0.3) is 0 Å². The fourth-order valence-electron chi connectivity index (χ4n) is 2.60. The van der Waals surface area contributed by atoms with Crippen molar-refractivity contribution in [3.63, 3.8) is 0 Å². The summed E-state index contributed by atoms with van der Waals surface area (Å²) < 4.78 is 7.25. The average molecular weight is 445 g/mol. The van der Waals surface area contributed by atoms with Gasteiger partial charge < -0.3 is 4.74 Å². The zero-order valence-electron chi connectivity index (χ0n) is 16.5. The maximum absolute atomic E-state index is 12.2. The van der Waals surface area contributed by atoms with Crippen LogP contribution in [0.2, 0.25) is 10.0 Å². The lowest BCUT2D eigenvalue weighted by molar-refractivity contribution is 0.0949. The molecule has 0 aliphatic rings. The van der Waals surface area contributed by atoms with Crippen LogP contribution >= 0.6 is 23.2 Å². The number of hydrogen-bond acceptors (Lipinski definition) is 4. The van der Waals surface area contributed by atoms with Gasteiger partial charge in [-0.1, -0.05) is 42.6 Å². The minimum atomic E-state index is -0.397. The van der Waals surface area contributed by atoms with Crippen LogP contribution < -0.4 is 10.2 Å². The number of aromatic nitrogens is 2. The molecule has 0 spiro atoms. The number of benzene rings is 2. The topological polar surface area (TPSA) is 68.5 Å². The fourth-order valence-corrected chi connectivity index (χ4v) is 3.07. The lowest BCUT2D eigenvalue weighted by Gasteiger charge is -2.05. The Labute approximate surface area is 185 Å². The van der Waals surface area contributed by atoms with Gasteiger partial charge in [-0.25, -0.2) is 5.43 Å². The van der Waals surface area contributed by atoms with Gasteiger partial charge in [-0.3, -0.25) is 9.48 Å². The quantitative estimate of drug-likeness (QED) is 0.280. The van der Waals surface area contributed by atoms with Gasteiger partial charge in [-0.05, 0) is 60.0 Å². The Balaban J connectivity index is 1.52. The van der Waals surface area contributed by atoms with Crippen LogP contribution in [-0.4, -0.2) is 28.5 Å². The number of ether oxygens (including phenoxy) is 1. The van der Waals surface area contributed by atoms with E-state index in [1.165, 1.54) is 0 Å². The molecule has 0 saturated heterocycles. The molecule has 0 radical (unpaired) electrons. The molecule has 0 bridgehead atoms. The van der Waals surface area contributed by atoms with Crippen LogP contribution in [0.3, 0.4) is 0 Å².